The number of benzene rings is 2. The molecule has 1 fully saturated rings. The van der Waals surface area contributed by atoms with E-state index in [4.69, 9.17) is 8.84 Å². The van der Waals surface area contributed by atoms with Crippen molar-refractivity contribution < 1.29 is 18.4 Å². The van der Waals surface area contributed by atoms with Crippen molar-refractivity contribution in [3.63, 3.8) is 0 Å². The Balaban J connectivity index is 1.71. The lowest BCUT2D eigenvalue weighted by Gasteiger charge is -2.48. The number of β-lactam (4-membered cyclic amide) rings is 1. The number of furan rings is 1. The molecule has 7 heteroatoms. The van der Waals surface area contributed by atoms with E-state index in [1.165, 1.54) is 4.90 Å². The van der Waals surface area contributed by atoms with Crippen molar-refractivity contribution in [2.75, 3.05) is 4.90 Å². The highest BCUT2D eigenvalue weighted by molar-refractivity contribution is 6.73. The van der Waals surface area contributed by atoms with Gasteiger partial charge in [-0.3, -0.25) is 9.69 Å². The summed E-state index contributed by atoms with van der Waals surface area (Å²) >= 11 is 0. The second-order valence-electron chi connectivity index (χ2n) is 8.24. The zero-order chi connectivity index (χ0) is 23.4. The van der Waals surface area contributed by atoms with E-state index in [2.05, 4.69) is 20.8 Å². The fraction of sp³-hybridized carbons (Fsp3) is 0.308. The predicted molar refractivity (Wildman–Crippen MR) is 131 cm³/mol. The third kappa shape index (κ3) is 4.26. The number of carbonyl (C=O) groups excluding carboxylic acids is 2. The van der Waals surface area contributed by atoms with Crippen molar-refractivity contribution in [2.45, 2.75) is 51.0 Å². The zero-order valence-corrected chi connectivity index (χ0v) is 20.3. The molecule has 1 aliphatic rings. The molecule has 6 nitrogen and oxygen atoms in total. The summed E-state index contributed by atoms with van der Waals surface area (Å²) in [6.45, 7) is 6.37. The maximum absolute atomic E-state index is 13.9. The van der Waals surface area contributed by atoms with Crippen LogP contribution in [0.4, 0.5) is 16.2 Å². The van der Waals surface area contributed by atoms with Crippen LogP contribution in [0.5, 0.6) is 0 Å². The SMILES string of the molecule is CC[Si](CC)(CC)O[C@H]1C(=O)N(C(=O)N(c2ccccc2)c2ccccc2)[C@H]1c1ccco1. The lowest BCUT2D eigenvalue weighted by atomic mass is 9.96. The van der Waals surface area contributed by atoms with Gasteiger partial charge in [0.25, 0.3) is 5.91 Å². The number of hydrogen-bond acceptors (Lipinski definition) is 4. The van der Waals surface area contributed by atoms with Gasteiger partial charge in [0.15, 0.2) is 14.4 Å². The molecule has 3 amide bonds. The molecule has 0 N–H and O–H groups in total. The highest BCUT2D eigenvalue weighted by Gasteiger charge is 2.57. The Labute approximate surface area is 195 Å². The molecule has 0 aliphatic carbocycles. The summed E-state index contributed by atoms with van der Waals surface area (Å²) in [6.07, 6.45) is 0.855. The van der Waals surface area contributed by atoms with E-state index in [1.54, 1.807) is 23.3 Å². The molecule has 1 aromatic heterocycles. The largest absolute Gasteiger partial charge is 0.467 e. The van der Waals surface area contributed by atoms with Gasteiger partial charge in [-0.25, -0.2) is 9.69 Å². The molecule has 1 aliphatic heterocycles. The standard InChI is InChI=1S/C26H30N2O4Si/c1-4-33(5-2,6-3)32-24-23(22-18-13-19-31-22)28(25(24)29)26(30)27(20-14-9-7-10-15-20)21-16-11-8-12-17-21/h7-19,23-24H,4-6H2,1-3H3/t23-,24+/m0/s1. The summed E-state index contributed by atoms with van der Waals surface area (Å²) in [5.41, 5.74) is 1.37. The smallest absolute Gasteiger partial charge is 0.336 e. The Hall–Kier alpha value is -3.16. The van der Waals surface area contributed by atoms with Gasteiger partial charge >= 0.3 is 6.03 Å². The van der Waals surface area contributed by atoms with Crippen LogP contribution >= 0.6 is 0 Å². The van der Waals surface area contributed by atoms with Gasteiger partial charge in [-0.2, -0.15) is 0 Å². The normalized spacial score (nSPS) is 18.2. The van der Waals surface area contributed by atoms with Gasteiger partial charge in [0.05, 0.1) is 17.6 Å². The first kappa shape index (κ1) is 23.0. The van der Waals surface area contributed by atoms with Crippen molar-refractivity contribution in [3.8, 4) is 0 Å². The van der Waals surface area contributed by atoms with Gasteiger partial charge in [0.1, 0.15) is 11.8 Å². The Bertz CT molecular complexity index is 1020. The Morgan fingerprint density at radius 1 is 0.909 bits per heavy atom. The fourth-order valence-electron chi connectivity index (χ4n) is 4.43. The van der Waals surface area contributed by atoms with Crippen LogP contribution in [0.3, 0.4) is 0 Å². The number of nitrogens with zero attached hydrogens (tertiary/aromatic N) is 2. The van der Waals surface area contributed by atoms with Crippen LogP contribution in [0.15, 0.2) is 83.5 Å². The lowest BCUT2D eigenvalue weighted by Crippen LogP contribution is -2.66. The molecule has 0 spiro atoms. The number of rotatable bonds is 8. The molecule has 0 radical (unpaired) electrons. The van der Waals surface area contributed by atoms with Crippen LogP contribution in [0.2, 0.25) is 18.1 Å². The van der Waals surface area contributed by atoms with Crippen LogP contribution in [0.1, 0.15) is 32.6 Å². The molecule has 1 saturated heterocycles. The Kier molecular flexibility index (Phi) is 6.81. The molecular weight excluding hydrogens is 432 g/mol. The van der Waals surface area contributed by atoms with E-state index in [9.17, 15) is 9.59 Å². The summed E-state index contributed by atoms with van der Waals surface area (Å²) in [5, 5.41) is 0. The number of amides is 3. The van der Waals surface area contributed by atoms with Gasteiger partial charge in [0, 0.05) is 0 Å². The minimum Gasteiger partial charge on any atom is -0.467 e. The van der Waals surface area contributed by atoms with Crippen LogP contribution in [0, 0.1) is 0 Å². The maximum Gasteiger partial charge on any atom is 0.336 e. The van der Waals surface area contributed by atoms with Gasteiger partial charge in [-0.05, 0) is 54.5 Å². The Morgan fingerprint density at radius 3 is 1.91 bits per heavy atom. The molecular formula is C26H30N2O4Si. The number of para-hydroxylation sites is 2. The molecule has 0 bridgehead atoms. The quantitative estimate of drug-likeness (QED) is 0.283. The van der Waals surface area contributed by atoms with E-state index in [-0.39, 0.29) is 5.91 Å². The summed E-state index contributed by atoms with van der Waals surface area (Å²) in [6, 6.07) is 24.0. The third-order valence-corrected chi connectivity index (χ3v) is 11.2. The lowest BCUT2D eigenvalue weighted by molar-refractivity contribution is -0.159. The highest BCUT2D eigenvalue weighted by Crippen LogP contribution is 2.42. The van der Waals surface area contributed by atoms with Crippen molar-refractivity contribution in [1.82, 2.24) is 4.90 Å². The second-order valence-corrected chi connectivity index (χ2v) is 13.0. The molecule has 172 valence electrons. The fourth-order valence-corrected chi connectivity index (χ4v) is 7.20. The van der Waals surface area contributed by atoms with E-state index in [1.807, 2.05) is 60.7 Å². The minimum absolute atomic E-state index is 0.314. The molecule has 33 heavy (non-hydrogen) atoms. The summed E-state index contributed by atoms with van der Waals surface area (Å²) in [5.74, 6) is 0.241. The number of likely N-dealkylation sites (tertiary alicyclic amines) is 1. The first-order valence-electron chi connectivity index (χ1n) is 11.5. The third-order valence-electron chi connectivity index (χ3n) is 6.62. The summed E-state index contributed by atoms with van der Waals surface area (Å²) < 4.78 is 12.2. The van der Waals surface area contributed by atoms with Crippen LogP contribution in [-0.2, 0) is 9.22 Å². The van der Waals surface area contributed by atoms with Gasteiger partial charge in [-0.1, -0.05) is 57.2 Å². The second kappa shape index (κ2) is 9.76. The van der Waals surface area contributed by atoms with Gasteiger partial charge in [-0.15, -0.1) is 0 Å². The van der Waals surface area contributed by atoms with Crippen molar-refractivity contribution in [2.24, 2.45) is 0 Å². The average Bonchev–Trinajstić information content (AvgIpc) is 3.39. The van der Waals surface area contributed by atoms with Crippen molar-refractivity contribution >= 4 is 31.6 Å². The molecule has 0 unspecified atom stereocenters. The Morgan fingerprint density at radius 2 is 1.45 bits per heavy atom. The predicted octanol–water partition coefficient (Wildman–Crippen LogP) is 6.51. The number of hydrogen-bond donors (Lipinski definition) is 0. The van der Waals surface area contributed by atoms with Crippen molar-refractivity contribution in [3.05, 3.63) is 84.8 Å². The first-order chi connectivity index (χ1) is 16.0. The molecule has 3 aromatic rings. The number of anilines is 2. The maximum atomic E-state index is 13.9. The number of carbonyl (C=O) groups is 2. The summed E-state index contributed by atoms with van der Waals surface area (Å²) in [7, 11) is -2.08. The van der Waals surface area contributed by atoms with Gasteiger partial charge < -0.3 is 8.84 Å². The zero-order valence-electron chi connectivity index (χ0n) is 19.3. The highest BCUT2D eigenvalue weighted by atomic mass is 28.4. The number of urea groups is 1. The van der Waals surface area contributed by atoms with E-state index < -0.39 is 26.5 Å². The van der Waals surface area contributed by atoms with E-state index >= 15 is 0 Å². The molecule has 0 saturated carbocycles. The monoisotopic (exact) mass is 462 g/mol. The van der Waals surface area contributed by atoms with Crippen LogP contribution in [-0.4, -0.2) is 31.3 Å². The number of imide groups is 1. The first-order valence-corrected chi connectivity index (χ1v) is 14.1. The van der Waals surface area contributed by atoms with Crippen LogP contribution in [0.25, 0.3) is 0 Å². The van der Waals surface area contributed by atoms with Gasteiger partial charge in [0.2, 0.25) is 0 Å². The molecule has 2 heterocycles. The van der Waals surface area contributed by atoms with E-state index in [0.717, 1.165) is 18.1 Å². The van der Waals surface area contributed by atoms with E-state index in [0.29, 0.717) is 17.1 Å². The molecule has 4 rings (SSSR count). The molecule has 2 atom stereocenters. The molecule has 2 aromatic carbocycles. The minimum atomic E-state index is -2.08. The average molecular weight is 463 g/mol. The van der Waals surface area contributed by atoms with Crippen molar-refractivity contribution in [1.29, 1.82) is 0 Å². The summed E-state index contributed by atoms with van der Waals surface area (Å²) in [4.78, 5) is 30.2. The van der Waals surface area contributed by atoms with Crippen LogP contribution < -0.4 is 4.90 Å². The topological polar surface area (TPSA) is 63.0 Å².